The second-order valence-electron chi connectivity index (χ2n) is 10.2. The van der Waals surface area contributed by atoms with E-state index in [4.69, 9.17) is 4.74 Å². The third-order valence-electron chi connectivity index (χ3n) is 7.07. The van der Waals surface area contributed by atoms with Crippen molar-refractivity contribution in [2.45, 2.75) is 77.4 Å². The maximum Gasteiger partial charge on any atom is 0.242 e. The lowest BCUT2D eigenvalue weighted by molar-refractivity contribution is -0.141. The fourth-order valence-electron chi connectivity index (χ4n) is 4.91. The number of hydrogen-bond acceptors (Lipinski definition) is 5. The summed E-state index contributed by atoms with van der Waals surface area (Å²) in [5, 5.41) is 3.15. The average Bonchev–Trinajstić information content (AvgIpc) is 2.89. The minimum Gasteiger partial charge on any atom is -0.497 e. The highest BCUT2D eigenvalue weighted by atomic mass is 32.2. The summed E-state index contributed by atoms with van der Waals surface area (Å²) >= 11 is 0. The van der Waals surface area contributed by atoms with Crippen LogP contribution in [0.5, 0.6) is 5.75 Å². The second kappa shape index (κ2) is 13.6. The summed E-state index contributed by atoms with van der Waals surface area (Å²) < 4.78 is 31.5. The van der Waals surface area contributed by atoms with Crippen molar-refractivity contribution in [3.05, 3.63) is 59.7 Å². The number of nitrogens with zero attached hydrogens (tertiary/aromatic N) is 2. The number of rotatable bonds is 12. The maximum atomic E-state index is 13.5. The molecule has 9 heteroatoms. The highest BCUT2D eigenvalue weighted by molar-refractivity contribution is 7.92. The van der Waals surface area contributed by atoms with Crippen LogP contribution in [-0.2, 0) is 26.2 Å². The van der Waals surface area contributed by atoms with E-state index in [9.17, 15) is 18.0 Å². The van der Waals surface area contributed by atoms with Gasteiger partial charge in [-0.2, -0.15) is 0 Å². The van der Waals surface area contributed by atoms with Gasteiger partial charge in [0, 0.05) is 25.6 Å². The van der Waals surface area contributed by atoms with Gasteiger partial charge in [0.1, 0.15) is 11.8 Å². The van der Waals surface area contributed by atoms with Crippen molar-refractivity contribution in [1.29, 1.82) is 0 Å². The van der Waals surface area contributed by atoms with Crippen molar-refractivity contribution in [2.24, 2.45) is 0 Å². The first kappa shape index (κ1) is 29.5. The zero-order valence-electron chi connectivity index (χ0n) is 23.0. The van der Waals surface area contributed by atoms with Crippen molar-refractivity contribution in [1.82, 2.24) is 10.2 Å². The van der Waals surface area contributed by atoms with E-state index >= 15 is 0 Å². The van der Waals surface area contributed by atoms with Crippen LogP contribution in [0.3, 0.4) is 0 Å². The lowest BCUT2D eigenvalue weighted by atomic mass is 9.95. The molecule has 2 aromatic rings. The Bertz CT molecular complexity index is 1180. The minimum atomic E-state index is -3.55. The van der Waals surface area contributed by atoms with E-state index in [-0.39, 0.29) is 30.8 Å². The predicted molar refractivity (Wildman–Crippen MR) is 151 cm³/mol. The quantitative estimate of drug-likeness (QED) is 0.428. The van der Waals surface area contributed by atoms with Crippen LogP contribution in [0.15, 0.2) is 48.5 Å². The molecule has 0 bridgehead atoms. The summed E-state index contributed by atoms with van der Waals surface area (Å²) in [6.45, 7) is 4.23. The maximum absolute atomic E-state index is 13.5. The number of ether oxygens (including phenoxy) is 1. The van der Waals surface area contributed by atoms with Crippen molar-refractivity contribution < 1.29 is 22.7 Å². The van der Waals surface area contributed by atoms with Crippen molar-refractivity contribution in [2.75, 3.05) is 24.2 Å². The van der Waals surface area contributed by atoms with E-state index in [1.54, 1.807) is 43.2 Å². The number of amides is 2. The Balaban J connectivity index is 1.71. The normalized spacial score (nSPS) is 14.9. The van der Waals surface area contributed by atoms with Crippen LogP contribution in [-0.4, -0.2) is 57.1 Å². The summed E-state index contributed by atoms with van der Waals surface area (Å²) in [6, 6.07) is 14.2. The van der Waals surface area contributed by atoms with Crippen LogP contribution in [0, 0.1) is 6.92 Å². The number of methoxy groups -OCH3 is 1. The first-order valence-electron chi connectivity index (χ1n) is 13.4. The summed E-state index contributed by atoms with van der Waals surface area (Å²) in [6.07, 6.45) is 6.94. The number of carbonyl (C=O) groups is 2. The fraction of sp³-hybridized carbons (Fsp3) is 0.517. The van der Waals surface area contributed by atoms with Crippen molar-refractivity contribution >= 4 is 27.5 Å². The molecular formula is C29H41N3O5S. The summed E-state index contributed by atoms with van der Waals surface area (Å²) in [5.74, 6) is 0.305. The first-order valence-corrected chi connectivity index (χ1v) is 15.2. The minimum absolute atomic E-state index is 0.120. The topological polar surface area (TPSA) is 96.0 Å². The van der Waals surface area contributed by atoms with Gasteiger partial charge in [0.25, 0.3) is 0 Å². The van der Waals surface area contributed by atoms with Gasteiger partial charge < -0.3 is 15.0 Å². The molecule has 1 N–H and O–H groups in total. The number of benzene rings is 2. The number of aryl methyl sites for hydroxylation is 1. The van der Waals surface area contributed by atoms with Crippen LogP contribution in [0.1, 0.15) is 63.0 Å². The highest BCUT2D eigenvalue weighted by Gasteiger charge is 2.28. The SMILES string of the molecule is COc1ccc(N(CCCC(=O)N(Cc2cccc(C)c2)C(C)C(=O)NC2CCCCC2)S(C)(=O)=O)cc1. The Morgan fingerprint density at radius 3 is 2.37 bits per heavy atom. The van der Waals surface area contributed by atoms with Gasteiger partial charge in [-0.1, -0.05) is 49.1 Å². The molecule has 0 aromatic heterocycles. The Hall–Kier alpha value is -3.07. The number of carbonyl (C=O) groups excluding carboxylic acids is 2. The Morgan fingerprint density at radius 1 is 1.08 bits per heavy atom. The number of hydrogen-bond donors (Lipinski definition) is 1. The summed E-state index contributed by atoms with van der Waals surface area (Å²) in [5.41, 5.74) is 2.54. The van der Waals surface area contributed by atoms with Crippen LogP contribution >= 0.6 is 0 Å². The standard InChI is InChI=1S/C29H41N3O5S/c1-22-10-8-11-24(20-22)21-31(23(2)29(34)30-25-12-6-5-7-13-25)28(33)14-9-19-32(38(4,35)36)26-15-17-27(37-3)18-16-26/h8,10-11,15-18,20,23,25H,5-7,9,12-14,19,21H2,1-4H3,(H,30,34). The number of anilines is 1. The van der Waals surface area contributed by atoms with Gasteiger partial charge in [0.05, 0.1) is 19.1 Å². The molecule has 1 unspecified atom stereocenters. The molecule has 1 atom stereocenters. The molecule has 3 rings (SSSR count). The third kappa shape index (κ3) is 8.48. The Labute approximate surface area is 227 Å². The van der Waals surface area contributed by atoms with Gasteiger partial charge in [0.15, 0.2) is 0 Å². The van der Waals surface area contributed by atoms with Crippen LogP contribution < -0.4 is 14.4 Å². The molecular weight excluding hydrogens is 502 g/mol. The van der Waals surface area contributed by atoms with Crippen molar-refractivity contribution in [3.63, 3.8) is 0 Å². The first-order chi connectivity index (χ1) is 18.1. The lowest BCUT2D eigenvalue weighted by Gasteiger charge is -2.31. The number of sulfonamides is 1. The zero-order chi connectivity index (χ0) is 27.7. The van der Waals surface area contributed by atoms with Crippen molar-refractivity contribution in [3.8, 4) is 5.75 Å². The van der Waals surface area contributed by atoms with Crippen LogP contribution in [0.2, 0.25) is 0 Å². The fourth-order valence-corrected chi connectivity index (χ4v) is 5.88. The van der Waals surface area contributed by atoms with E-state index < -0.39 is 16.1 Å². The molecule has 2 amide bonds. The monoisotopic (exact) mass is 543 g/mol. The van der Waals surface area contributed by atoms with Crippen LogP contribution in [0.4, 0.5) is 5.69 Å². The van der Waals surface area contributed by atoms with Gasteiger partial charge in [-0.3, -0.25) is 13.9 Å². The largest absolute Gasteiger partial charge is 0.497 e. The van der Waals surface area contributed by atoms with Gasteiger partial charge in [-0.05, 0) is 62.9 Å². The van der Waals surface area contributed by atoms with E-state index in [0.29, 0.717) is 24.4 Å². The summed E-state index contributed by atoms with van der Waals surface area (Å²) in [4.78, 5) is 28.3. The average molecular weight is 544 g/mol. The molecule has 8 nitrogen and oxygen atoms in total. The molecule has 1 aliphatic carbocycles. The second-order valence-corrected chi connectivity index (χ2v) is 12.1. The molecule has 1 fully saturated rings. The van der Waals surface area contributed by atoms with Gasteiger partial charge in [0.2, 0.25) is 21.8 Å². The van der Waals surface area contributed by atoms with Gasteiger partial charge >= 0.3 is 0 Å². The molecule has 208 valence electrons. The molecule has 0 radical (unpaired) electrons. The molecule has 1 aliphatic rings. The van der Waals surface area contributed by atoms with E-state index in [2.05, 4.69) is 5.32 Å². The van der Waals surface area contributed by atoms with E-state index in [1.807, 2.05) is 31.2 Å². The molecule has 0 spiro atoms. The van der Waals surface area contributed by atoms with Gasteiger partial charge in [-0.25, -0.2) is 8.42 Å². The summed E-state index contributed by atoms with van der Waals surface area (Å²) in [7, 11) is -2.00. The smallest absolute Gasteiger partial charge is 0.242 e. The van der Waals surface area contributed by atoms with E-state index in [0.717, 1.165) is 43.1 Å². The van der Waals surface area contributed by atoms with Crippen LogP contribution in [0.25, 0.3) is 0 Å². The molecule has 0 saturated heterocycles. The molecule has 2 aromatic carbocycles. The Morgan fingerprint density at radius 2 is 1.76 bits per heavy atom. The lowest BCUT2D eigenvalue weighted by Crippen LogP contribution is -2.50. The Kier molecular flexibility index (Phi) is 10.6. The predicted octanol–water partition coefficient (Wildman–Crippen LogP) is 4.42. The van der Waals surface area contributed by atoms with Gasteiger partial charge in [-0.15, -0.1) is 0 Å². The number of nitrogens with one attached hydrogen (secondary N) is 1. The molecule has 38 heavy (non-hydrogen) atoms. The third-order valence-corrected chi connectivity index (χ3v) is 8.26. The van der Waals surface area contributed by atoms with E-state index in [1.165, 1.54) is 10.7 Å². The molecule has 0 aliphatic heterocycles. The zero-order valence-corrected chi connectivity index (χ0v) is 23.8. The highest BCUT2D eigenvalue weighted by Crippen LogP contribution is 2.23. The molecule has 1 saturated carbocycles. The molecule has 0 heterocycles.